The number of hydrogen-bond donors (Lipinski definition) is 0. The predicted molar refractivity (Wildman–Crippen MR) is 65.9 cm³/mol. The molecule has 0 spiro atoms. The van der Waals surface area contributed by atoms with E-state index < -0.39 is 0 Å². The number of rotatable bonds is 2. The molecule has 1 heterocycles. The minimum atomic E-state index is -0.0513. The molecule has 5 heteroatoms. The van der Waals surface area contributed by atoms with Crippen LogP contribution in [0.4, 0.5) is 0 Å². The Morgan fingerprint density at radius 3 is 2.57 bits per heavy atom. The molecule has 1 aliphatic heterocycles. The van der Waals surface area contributed by atoms with Crippen LogP contribution in [-0.4, -0.2) is 52.6 Å². The van der Waals surface area contributed by atoms with Gasteiger partial charge in [-0.05, 0) is 13.8 Å². The van der Waals surface area contributed by atoms with Crippen LogP contribution < -0.4 is 0 Å². The number of halogens is 2. The van der Waals surface area contributed by atoms with Crippen molar-refractivity contribution in [3.63, 3.8) is 0 Å². The van der Waals surface area contributed by atoms with Gasteiger partial charge in [0.1, 0.15) is 6.23 Å². The van der Waals surface area contributed by atoms with Crippen LogP contribution >= 0.6 is 31.9 Å². The molecule has 0 aliphatic carbocycles. The minimum Gasteiger partial charge on any atom is -0.361 e. The van der Waals surface area contributed by atoms with Gasteiger partial charge in [0.2, 0.25) is 0 Å². The lowest BCUT2D eigenvalue weighted by molar-refractivity contribution is -0.173. The van der Waals surface area contributed by atoms with Crippen LogP contribution in [0, 0.1) is 0 Å². The third kappa shape index (κ3) is 2.32. The van der Waals surface area contributed by atoms with Gasteiger partial charge in [-0.15, -0.1) is 0 Å². The standard InChI is InChI=1S/C9H18Br2N2O/c1-5-14-8-9(2,11)7(10)6-12(3)13(8)4/h7-8H,5-6H2,1-4H3/t7-,8-,9+/m0/s1. The molecule has 0 aromatic heterocycles. The Labute approximate surface area is 103 Å². The fourth-order valence-corrected chi connectivity index (χ4v) is 2.89. The van der Waals surface area contributed by atoms with E-state index in [-0.39, 0.29) is 10.6 Å². The van der Waals surface area contributed by atoms with Crippen molar-refractivity contribution in [1.29, 1.82) is 0 Å². The van der Waals surface area contributed by atoms with Crippen molar-refractivity contribution in [1.82, 2.24) is 10.0 Å². The first-order chi connectivity index (χ1) is 6.41. The van der Waals surface area contributed by atoms with Gasteiger partial charge < -0.3 is 4.74 Å². The number of alkyl halides is 2. The maximum Gasteiger partial charge on any atom is 0.139 e. The van der Waals surface area contributed by atoms with Gasteiger partial charge in [-0.1, -0.05) is 31.9 Å². The highest BCUT2D eigenvalue weighted by Crippen LogP contribution is 2.38. The quantitative estimate of drug-likeness (QED) is 0.721. The van der Waals surface area contributed by atoms with Crippen LogP contribution in [0.1, 0.15) is 13.8 Å². The van der Waals surface area contributed by atoms with E-state index in [1.807, 2.05) is 6.92 Å². The van der Waals surface area contributed by atoms with E-state index in [1.165, 1.54) is 0 Å². The third-order valence-electron chi connectivity index (χ3n) is 2.72. The van der Waals surface area contributed by atoms with E-state index in [2.05, 4.69) is 62.9 Å². The number of hydrazine groups is 1. The highest BCUT2D eigenvalue weighted by Gasteiger charge is 2.46. The molecule has 0 aromatic rings. The van der Waals surface area contributed by atoms with E-state index in [9.17, 15) is 0 Å². The molecule has 3 nitrogen and oxygen atoms in total. The molecule has 1 rings (SSSR count). The summed E-state index contributed by atoms with van der Waals surface area (Å²) < 4.78 is 5.71. The molecule has 1 aliphatic rings. The van der Waals surface area contributed by atoms with Crippen LogP contribution in [0.3, 0.4) is 0 Å². The van der Waals surface area contributed by atoms with Gasteiger partial charge in [-0.3, -0.25) is 0 Å². The summed E-state index contributed by atoms with van der Waals surface area (Å²) >= 11 is 7.45. The van der Waals surface area contributed by atoms with Gasteiger partial charge in [-0.2, -0.15) is 0 Å². The van der Waals surface area contributed by atoms with Crippen LogP contribution in [-0.2, 0) is 4.74 Å². The third-order valence-corrected chi connectivity index (χ3v) is 5.52. The zero-order valence-electron chi connectivity index (χ0n) is 9.13. The van der Waals surface area contributed by atoms with Crippen molar-refractivity contribution in [3.05, 3.63) is 0 Å². The molecule has 0 bridgehead atoms. The zero-order chi connectivity index (χ0) is 10.9. The van der Waals surface area contributed by atoms with Crippen molar-refractivity contribution < 1.29 is 4.74 Å². The van der Waals surface area contributed by atoms with E-state index in [4.69, 9.17) is 4.74 Å². The topological polar surface area (TPSA) is 15.7 Å². The summed E-state index contributed by atoms with van der Waals surface area (Å²) in [5, 5.41) is 4.30. The SMILES string of the molecule is CCO[C@@H]1N(C)N(C)C[C@H](Br)[C@@]1(C)Br. The number of ether oxygens (including phenoxy) is 1. The molecular weight excluding hydrogens is 312 g/mol. The molecule has 0 unspecified atom stereocenters. The van der Waals surface area contributed by atoms with Crippen molar-refractivity contribution in [2.45, 2.75) is 29.2 Å². The molecule has 0 radical (unpaired) electrons. The van der Waals surface area contributed by atoms with Crippen LogP contribution in [0.5, 0.6) is 0 Å². The molecule has 0 amide bonds. The molecule has 0 aromatic carbocycles. The van der Waals surface area contributed by atoms with Crippen molar-refractivity contribution in [2.75, 3.05) is 27.2 Å². The Balaban J connectivity index is 2.82. The highest BCUT2D eigenvalue weighted by atomic mass is 79.9. The maximum absolute atomic E-state index is 5.76. The van der Waals surface area contributed by atoms with E-state index in [0.717, 1.165) is 13.2 Å². The molecule has 14 heavy (non-hydrogen) atoms. The summed E-state index contributed by atoms with van der Waals surface area (Å²) in [4.78, 5) is 0.382. The smallest absolute Gasteiger partial charge is 0.139 e. The molecular formula is C9H18Br2N2O. The molecule has 0 saturated carbocycles. The summed E-state index contributed by atoms with van der Waals surface area (Å²) in [7, 11) is 4.13. The minimum absolute atomic E-state index is 0.0513. The Kier molecular flexibility index (Phi) is 4.41. The van der Waals surface area contributed by atoms with Crippen LogP contribution in [0.2, 0.25) is 0 Å². The summed E-state index contributed by atoms with van der Waals surface area (Å²) in [6.07, 6.45) is 0.0654. The normalized spacial score (nSPS) is 41.6. The van der Waals surface area contributed by atoms with Crippen molar-refractivity contribution in [3.8, 4) is 0 Å². The summed E-state index contributed by atoms with van der Waals surface area (Å²) in [5.41, 5.74) is 0. The number of hydrogen-bond acceptors (Lipinski definition) is 3. The van der Waals surface area contributed by atoms with Gasteiger partial charge in [0.05, 0.1) is 4.32 Å². The zero-order valence-corrected chi connectivity index (χ0v) is 12.3. The van der Waals surface area contributed by atoms with Gasteiger partial charge in [0, 0.05) is 32.1 Å². The second kappa shape index (κ2) is 4.78. The first-order valence-corrected chi connectivity index (χ1v) is 6.50. The Bertz CT molecular complexity index is 201. The van der Waals surface area contributed by atoms with E-state index in [1.54, 1.807) is 0 Å². The van der Waals surface area contributed by atoms with Gasteiger partial charge in [0.25, 0.3) is 0 Å². The van der Waals surface area contributed by atoms with Gasteiger partial charge in [-0.25, -0.2) is 10.0 Å². The second-order valence-electron chi connectivity index (χ2n) is 3.84. The lowest BCUT2D eigenvalue weighted by Gasteiger charge is -2.50. The average Bonchev–Trinajstić information content (AvgIpc) is 2.10. The Morgan fingerprint density at radius 2 is 2.07 bits per heavy atom. The monoisotopic (exact) mass is 328 g/mol. The van der Waals surface area contributed by atoms with Crippen molar-refractivity contribution in [2.24, 2.45) is 0 Å². The van der Waals surface area contributed by atoms with Crippen molar-refractivity contribution >= 4 is 31.9 Å². The van der Waals surface area contributed by atoms with E-state index in [0.29, 0.717) is 4.83 Å². The fourth-order valence-electron chi connectivity index (χ4n) is 1.67. The largest absolute Gasteiger partial charge is 0.361 e. The lowest BCUT2D eigenvalue weighted by Crippen LogP contribution is -2.64. The maximum atomic E-state index is 5.76. The number of nitrogens with zero attached hydrogens (tertiary/aromatic N) is 2. The molecule has 1 saturated heterocycles. The Hall–Kier alpha value is 0.840. The second-order valence-corrected chi connectivity index (χ2v) is 6.65. The van der Waals surface area contributed by atoms with E-state index >= 15 is 0 Å². The van der Waals surface area contributed by atoms with Crippen LogP contribution in [0.25, 0.3) is 0 Å². The van der Waals surface area contributed by atoms with Crippen LogP contribution in [0.15, 0.2) is 0 Å². The summed E-state index contributed by atoms with van der Waals surface area (Å²) in [5.74, 6) is 0. The first kappa shape index (κ1) is 12.9. The van der Waals surface area contributed by atoms with Gasteiger partial charge in [0.15, 0.2) is 0 Å². The fraction of sp³-hybridized carbons (Fsp3) is 1.00. The summed E-state index contributed by atoms with van der Waals surface area (Å²) in [6.45, 7) is 5.89. The summed E-state index contributed by atoms with van der Waals surface area (Å²) in [6, 6.07) is 0. The Morgan fingerprint density at radius 1 is 1.50 bits per heavy atom. The molecule has 3 atom stereocenters. The highest BCUT2D eigenvalue weighted by molar-refractivity contribution is 9.12. The predicted octanol–water partition coefficient (Wildman–Crippen LogP) is 2.06. The molecule has 0 N–H and O–H groups in total. The lowest BCUT2D eigenvalue weighted by atomic mass is 10.0. The molecule has 1 fully saturated rings. The van der Waals surface area contributed by atoms with Gasteiger partial charge >= 0.3 is 0 Å². The average molecular weight is 330 g/mol. The molecule has 84 valence electrons. The first-order valence-electron chi connectivity index (χ1n) is 4.79.